The molecule has 0 spiro atoms. The van der Waals surface area contributed by atoms with Gasteiger partial charge in [0.05, 0.1) is 13.2 Å². The van der Waals surface area contributed by atoms with E-state index in [1.807, 2.05) is 18.2 Å². The third-order valence-electron chi connectivity index (χ3n) is 3.37. The summed E-state index contributed by atoms with van der Waals surface area (Å²) >= 11 is 0. The topological polar surface area (TPSA) is 29.5 Å². The zero-order valence-corrected chi connectivity index (χ0v) is 11.2. The standard InChI is InChI=1S/C15H21NO2/c1-3-8-16(4-2)11-14(17)12-5-6-15-13(10-12)7-9-18-15/h5-6,10H,3-4,7-9,11H2,1-2H3. The quantitative estimate of drug-likeness (QED) is 0.723. The summed E-state index contributed by atoms with van der Waals surface area (Å²) in [6.07, 6.45) is 2.00. The first-order valence-electron chi connectivity index (χ1n) is 6.75. The SMILES string of the molecule is CCCN(CC)CC(=O)c1ccc2c(c1)CCO2. The zero-order valence-electron chi connectivity index (χ0n) is 11.2. The Morgan fingerprint density at radius 3 is 2.94 bits per heavy atom. The molecular formula is C15H21NO2. The van der Waals surface area contributed by atoms with Gasteiger partial charge < -0.3 is 4.74 Å². The Morgan fingerprint density at radius 1 is 1.39 bits per heavy atom. The summed E-state index contributed by atoms with van der Waals surface area (Å²) in [6, 6.07) is 5.79. The number of hydrogen-bond donors (Lipinski definition) is 0. The van der Waals surface area contributed by atoms with Gasteiger partial charge in [0.15, 0.2) is 5.78 Å². The number of ketones is 1. The Hall–Kier alpha value is -1.35. The number of Topliss-reactive ketones (excluding diaryl/α,β-unsaturated/α-hetero) is 1. The molecule has 0 saturated heterocycles. The summed E-state index contributed by atoms with van der Waals surface area (Å²) in [5.74, 6) is 1.15. The molecular weight excluding hydrogens is 226 g/mol. The molecule has 0 atom stereocenters. The number of carbonyl (C=O) groups is 1. The van der Waals surface area contributed by atoms with Crippen molar-refractivity contribution in [3.05, 3.63) is 29.3 Å². The lowest BCUT2D eigenvalue weighted by Crippen LogP contribution is -2.30. The first-order valence-corrected chi connectivity index (χ1v) is 6.75. The molecule has 0 radical (unpaired) electrons. The minimum absolute atomic E-state index is 0.208. The number of ether oxygens (including phenoxy) is 1. The summed E-state index contributed by atoms with van der Waals surface area (Å²) in [4.78, 5) is 14.4. The van der Waals surface area contributed by atoms with E-state index in [1.54, 1.807) is 0 Å². The molecule has 0 aliphatic carbocycles. The molecule has 0 saturated carbocycles. The maximum Gasteiger partial charge on any atom is 0.176 e. The van der Waals surface area contributed by atoms with Crippen molar-refractivity contribution < 1.29 is 9.53 Å². The lowest BCUT2D eigenvalue weighted by atomic mass is 10.1. The van der Waals surface area contributed by atoms with Crippen molar-refractivity contribution in [2.45, 2.75) is 26.7 Å². The average Bonchev–Trinajstić information content (AvgIpc) is 2.85. The smallest absolute Gasteiger partial charge is 0.176 e. The van der Waals surface area contributed by atoms with E-state index >= 15 is 0 Å². The maximum atomic E-state index is 12.2. The van der Waals surface area contributed by atoms with E-state index in [1.165, 1.54) is 5.56 Å². The van der Waals surface area contributed by atoms with Crippen molar-refractivity contribution in [3.63, 3.8) is 0 Å². The van der Waals surface area contributed by atoms with Crippen molar-refractivity contribution in [1.82, 2.24) is 4.90 Å². The highest BCUT2D eigenvalue weighted by molar-refractivity contribution is 5.98. The van der Waals surface area contributed by atoms with Gasteiger partial charge in [0.1, 0.15) is 5.75 Å². The van der Waals surface area contributed by atoms with Gasteiger partial charge in [-0.1, -0.05) is 13.8 Å². The summed E-state index contributed by atoms with van der Waals surface area (Å²) in [6.45, 7) is 7.40. The second-order valence-corrected chi connectivity index (χ2v) is 4.71. The molecule has 18 heavy (non-hydrogen) atoms. The van der Waals surface area contributed by atoms with E-state index < -0.39 is 0 Å². The Labute approximate surface area is 109 Å². The molecule has 0 amide bonds. The molecule has 3 nitrogen and oxygen atoms in total. The van der Waals surface area contributed by atoms with E-state index in [9.17, 15) is 4.79 Å². The van der Waals surface area contributed by atoms with E-state index in [0.29, 0.717) is 6.54 Å². The van der Waals surface area contributed by atoms with Gasteiger partial charge in [-0.15, -0.1) is 0 Å². The van der Waals surface area contributed by atoms with Gasteiger partial charge in [0.25, 0.3) is 0 Å². The van der Waals surface area contributed by atoms with E-state index in [0.717, 1.165) is 43.9 Å². The highest BCUT2D eigenvalue weighted by Gasteiger charge is 2.16. The van der Waals surface area contributed by atoms with Crippen LogP contribution in [0.4, 0.5) is 0 Å². The van der Waals surface area contributed by atoms with Crippen LogP contribution < -0.4 is 4.74 Å². The Morgan fingerprint density at radius 2 is 2.22 bits per heavy atom. The third kappa shape index (κ3) is 2.91. The molecule has 0 unspecified atom stereocenters. The highest BCUT2D eigenvalue weighted by atomic mass is 16.5. The lowest BCUT2D eigenvalue weighted by molar-refractivity contribution is 0.0934. The van der Waals surface area contributed by atoms with Gasteiger partial charge in [-0.25, -0.2) is 0 Å². The van der Waals surface area contributed by atoms with Crippen molar-refractivity contribution in [2.24, 2.45) is 0 Å². The number of carbonyl (C=O) groups excluding carboxylic acids is 1. The maximum absolute atomic E-state index is 12.2. The predicted octanol–water partition coefficient (Wildman–Crippen LogP) is 2.54. The van der Waals surface area contributed by atoms with Crippen LogP contribution in [0, 0.1) is 0 Å². The minimum Gasteiger partial charge on any atom is -0.493 e. The van der Waals surface area contributed by atoms with Gasteiger partial charge >= 0.3 is 0 Å². The van der Waals surface area contributed by atoms with Gasteiger partial charge in [-0.2, -0.15) is 0 Å². The first-order chi connectivity index (χ1) is 8.74. The summed E-state index contributed by atoms with van der Waals surface area (Å²) in [7, 11) is 0. The summed E-state index contributed by atoms with van der Waals surface area (Å²) in [5, 5.41) is 0. The molecule has 0 N–H and O–H groups in total. The Kier molecular flexibility index (Phi) is 4.37. The number of rotatable bonds is 6. The van der Waals surface area contributed by atoms with Gasteiger partial charge in [0.2, 0.25) is 0 Å². The number of hydrogen-bond acceptors (Lipinski definition) is 3. The molecule has 1 aliphatic rings. The van der Waals surface area contributed by atoms with E-state index in [4.69, 9.17) is 4.74 Å². The van der Waals surface area contributed by atoms with Gasteiger partial charge in [-0.3, -0.25) is 9.69 Å². The molecule has 2 rings (SSSR count). The normalized spacial score (nSPS) is 13.5. The second-order valence-electron chi connectivity index (χ2n) is 4.71. The fourth-order valence-electron chi connectivity index (χ4n) is 2.32. The van der Waals surface area contributed by atoms with Crippen LogP contribution in [0.15, 0.2) is 18.2 Å². The van der Waals surface area contributed by atoms with Crippen molar-refractivity contribution >= 4 is 5.78 Å². The Balaban J connectivity index is 2.04. The summed E-state index contributed by atoms with van der Waals surface area (Å²) in [5.41, 5.74) is 1.98. The molecule has 3 heteroatoms. The van der Waals surface area contributed by atoms with Crippen LogP contribution in [0.1, 0.15) is 36.2 Å². The fraction of sp³-hybridized carbons (Fsp3) is 0.533. The van der Waals surface area contributed by atoms with Crippen LogP contribution in [-0.4, -0.2) is 36.9 Å². The highest BCUT2D eigenvalue weighted by Crippen LogP contribution is 2.26. The number of fused-ring (bicyclic) bond motifs is 1. The van der Waals surface area contributed by atoms with Crippen LogP contribution >= 0.6 is 0 Å². The lowest BCUT2D eigenvalue weighted by Gasteiger charge is -2.18. The predicted molar refractivity (Wildman–Crippen MR) is 72.4 cm³/mol. The number of benzene rings is 1. The van der Waals surface area contributed by atoms with Crippen LogP contribution in [-0.2, 0) is 6.42 Å². The average molecular weight is 247 g/mol. The molecule has 1 aromatic carbocycles. The number of nitrogens with zero attached hydrogens (tertiary/aromatic N) is 1. The van der Waals surface area contributed by atoms with Crippen LogP contribution in [0.3, 0.4) is 0 Å². The molecule has 1 aliphatic heterocycles. The monoisotopic (exact) mass is 247 g/mol. The first kappa shape index (κ1) is 13.1. The second kappa shape index (κ2) is 6.01. The largest absolute Gasteiger partial charge is 0.493 e. The molecule has 98 valence electrons. The molecule has 0 bridgehead atoms. The molecule has 1 aromatic rings. The zero-order chi connectivity index (χ0) is 13.0. The van der Waals surface area contributed by atoms with E-state index in [-0.39, 0.29) is 5.78 Å². The number of likely N-dealkylation sites (N-methyl/N-ethyl adjacent to an activating group) is 1. The third-order valence-corrected chi connectivity index (χ3v) is 3.37. The van der Waals surface area contributed by atoms with E-state index in [2.05, 4.69) is 18.7 Å². The van der Waals surface area contributed by atoms with Gasteiger partial charge in [0, 0.05) is 12.0 Å². The van der Waals surface area contributed by atoms with Crippen LogP contribution in [0.5, 0.6) is 5.75 Å². The molecule has 0 aromatic heterocycles. The van der Waals surface area contributed by atoms with Crippen LogP contribution in [0.2, 0.25) is 0 Å². The molecule has 1 heterocycles. The van der Waals surface area contributed by atoms with Crippen molar-refractivity contribution in [2.75, 3.05) is 26.2 Å². The van der Waals surface area contributed by atoms with Gasteiger partial charge in [-0.05, 0) is 43.3 Å². The van der Waals surface area contributed by atoms with Crippen LogP contribution in [0.25, 0.3) is 0 Å². The minimum atomic E-state index is 0.208. The Bertz CT molecular complexity index is 429. The van der Waals surface area contributed by atoms with Crippen molar-refractivity contribution in [3.8, 4) is 5.75 Å². The molecule has 0 fully saturated rings. The summed E-state index contributed by atoms with van der Waals surface area (Å²) < 4.78 is 5.45. The fourth-order valence-corrected chi connectivity index (χ4v) is 2.32. The van der Waals surface area contributed by atoms with Crippen molar-refractivity contribution in [1.29, 1.82) is 0 Å².